The first-order chi connectivity index (χ1) is 14.9. The molecule has 1 amide bonds. The summed E-state index contributed by atoms with van der Waals surface area (Å²) >= 11 is 1.46. The number of nitrogens with zero attached hydrogens (tertiary/aromatic N) is 3. The van der Waals surface area contributed by atoms with Crippen LogP contribution in [0.4, 0.5) is 11.6 Å². The second kappa shape index (κ2) is 8.47. The van der Waals surface area contributed by atoms with Gasteiger partial charge in [0, 0.05) is 11.4 Å². The number of aromatic nitrogens is 3. The normalized spacial score (nSPS) is 15.3. The molecule has 0 fully saturated rings. The second-order valence-corrected chi connectivity index (χ2v) is 8.25. The summed E-state index contributed by atoms with van der Waals surface area (Å²) in [4.78, 5) is 18.1. The lowest BCUT2D eigenvalue weighted by Gasteiger charge is -2.29. The zero-order chi connectivity index (χ0) is 22.1. The lowest BCUT2D eigenvalue weighted by Crippen LogP contribution is -2.31. The molecule has 2 aromatic carbocycles. The van der Waals surface area contributed by atoms with Gasteiger partial charge >= 0.3 is 0 Å². The van der Waals surface area contributed by atoms with Crippen LogP contribution in [0.3, 0.4) is 0 Å². The molecule has 4 rings (SSSR count). The van der Waals surface area contributed by atoms with Crippen molar-refractivity contribution in [1.29, 1.82) is 0 Å². The van der Waals surface area contributed by atoms with Crippen LogP contribution in [0.2, 0.25) is 0 Å². The van der Waals surface area contributed by atoms with Gasteiger partial charge in [0.2, 0.25) is 11.1 Å². The number of thioether (sulfide) groups is 1. The van der Waals surface area contributed by atoms with Crippen molar-refractivity contribution in [3.8, 4) is 5.75 Å². The van der Waals surface area contributed by atoms with Gasteiger partial charge < -0.3 is 15.4 Å². The fraction of sp³-hybridized carbons (Fsp3) is 0.261. The molecule has 1 aromatic heterocycles. The van der Waals surface area contributed by atoms with Gasteiger partial charge in [-0.2, -0.15) is 4.98 Å². The molecule has 3 aromatic rings. The zero-order valence-corrected chi connectivity index (χ0v) is 19.0. The molecule has 0 spiro atoms. The highest BCUT2D eigenvalue weighted by molar-refractivity contribution is 7.98. The molecular formula is C23H25N5O2S. The van der Waals surface area contributed by atoms with E-state index in [1.165, 1.54) is 11.8 Å². The number of methoxy groups -OCH3 is 1. The number of hydrogen-bond acceptors (Lipinski definition) is 6. The Kier molecular flexibility index (Phi) is 5.73. The maximum atomic E-state index is 13.5. The van der Waals surface area contributed by atoms with Crippen molar-refractivity contribution in [3.63, 3.8) is 0 Å². The van der Waals surface area contributed by atoms with Crippen LogP contribution >= 0.6 is 11.8 Å². The van der Waals surface area contributed by atoms with E-state index in [1.807, 2.05) is 63.4 Å². The Labute approximate surface area is 185 Å². The first-order valence-corrected chi connectivity index (χ1v) is 11.1. The molecule has 2 heterocycles. The van der Waals surface area contributed by atoms with Crippen LogP contribution in [-0.4, -0.2) is 34.0 Å². The van der Waals surface area contributed by atoms with Gasteiger partial charge in [-0.15, -0.1) is 5.10 Å². The molecule has 0 aliphatic carbocycles. The summed E-state index contributed by atoms with van der Waals surface area (Å²) in [6.07, 6.45) is 1.93. The average molecular weight is 436 g/mol. The monoisotopic (exact) mass is 435 g/mol. The zero-order valence-electron chi connectivity index (χ0n) is 18.2. The lowest BCUT2D eigenvalue weighted by atomic mass is 9.94. The molecule has 0 saturated carbocycles. The number of anilines is 2. The highest BCUT2D eigenvalue weighted by Gasteiger charge is 2.34. The number of amides is 1. The SMILES string of the molecule is COc1ccc([C@H]2C(C(=O)Nc3ccc(C)cc3C)=C(C)Nc3nc(SC)nn32)cc1. The summed E-state index contributed by atoms with van der Waals surface area (Å²) in [6, 6.07) is 13.2. The highest BCUT2D eigenvalue weighted by atomic mass is 32.2. The Morgan fingerprint density at radius 3 is 2.55 bits per heavy atom. The fourth-order valence-electron chi connectivity index (χ4n) is 3.75. The van der Waals surface area contributed by atoms with Crippen LogP contribution in [0.1, 0.15) is 29.7 Å². The summed E-state index contributed by atoms with van der Waals surface area (Å²) < 4.78 is 7.08. The number of hydrogen-bond donors (Lipinski definition) is 2. The van der Waals surface area contributed by atoms with Crippen LogP contribution in [0, 0.1) is 13.8 Å². The van der Waals surface area contributed by atoms with Gasteiger partial charge in [0.15, 0.2) is 0 Å². The summed E-state index contributed by atoms with van der Waals surface area (Å²) in [5, 5.41) is 11.6. The molecule has 0 bridgehead atoms. The first-order valence-electron chi connectivity index (χ1n) is 9.92. The molecule has 1 atom stereocenters. The third kappa shape index (κ3) is 4.03. The van der Waals surface area contributed by atoms with E-state index < -0.39 is 6.04 Å². The van der Waals surface area contributed by atoms with Gasteiger partial charge in [0.05, 0.1) is 12.7 Å². The summed E-state index contributed by atoms with van der Waals surface area (Å²) in [7, 11) is 1.63. The van der Waals surface area contributed by atoms with Crippen molar-refractivity contribution in [2.24, 2.45) is 0 Å². The van der Waals surface area contributed by atoms with Crippen molar-refractivity contribution >= 4 is 29.3 Å². The van der Waals surface area contributed by atoms with Gasteiger partial charge in [-0.05, 0) is 56.4 Å². The Morgan fingerprint density at radius 2 is 1.90 bits per heavy atom. The van der Waals surface area contributed by atoms with Crippen LogP contribution in [0.5, 0.6) is 5.75 Å². The van der Waals surface area contributed by atoms with Gasteiger partial charge in [0.1, 0.15) is 11.8 Å². The van der Waals surface area contributed by atoms with E-state index in [4.69, 9.17) is 4.74 Å². The van der Waals surface area contributed by atoms with Crippen LogP contribution in [0.25, 0.3) is 0 Å². The predicted molar refractivity (Wildman–Crippen MR) is 124 cm³/mol. The lowest BCUT2D eigenvalue weighted by molar-refractivity contribution is -0.113. The maximum absolute atomic E-state index is 13.5. The number of rotatable bonds is 5. The van der Waals surface area contributed by atoms with Crippen molar-refractivity contribution in [2.45, 2.75) is 32.0 Å². The molecule has 0 radical (unpaired) electrons. The van der Waals surface area contributed by atoms with Gasteiger partial charge in [-0.3, -0.25) is 4.79 Å². The average Bonchev–Trinajstić information content (AvgIpc) is 3.17. The molecule has 1 aliphatic heterocycles. The highest BCUT2D eigenvalue weighted by Crippen LogP contribution is 2.37. The smallest absolute Gasteiger partial charge is 0.255 e. The number of carbonyl (C=O) groups excluding carboxylic acids is 1. The second-order valence-electron chi connectivity index (χ2n) is 7.48. The number of allylic oxidation sites excluding steroid dienone is 1. The van der Waals surface area contributed by atoms with Crippen molar-refractivity contribution in [3.05, 3.63) is 70.4 Å². The van der Waals surface area contributed by atoms with E-state index in [1.54, 1.807) is 11.8 Å². The third-order valence-corrected chi connectivity index (χ3v) is 5.86. The summed E-state index contributed by atoms with van der Waals surface area (Å²) in [5.41, 5.74) is 5.22. The molecule has 0 saturated heterocycles. The quantitative estimate of drug-likeness (QED) is 0.572. The third-order valence-electron chi connectivity index (χ3n) is 5.32. The number of aryl methyl sites for hydroxylation is 2. The minimum atomic E-state index is -0.415. The standard InChI is InChI=1S/C23H25N5O2S/c1-13-6-11-18(14(2)12-13)25-21(29)19-15(3)24-22-26-23(31-5)27-28(22)20(19)16-7-9-17(30-4)10-8-16/h6-12,20H,1-5H3,(H,25,29)(H,24,26,27)/t20-/m0/s1. The number of nitrogens with one attached hydrogen (secondary N) is 2. The van der Waals surface area contributed by atoms with E-state index in [-0.39, 0.29) is 5.91 Å². The maximum Gasteiger partial charge on any atom is 0.255 e. The number of ether oxygens (including phenoxy) is 1. The van der Waals surface area contributed by atoms with Gasteiger partial charge in [0.25, 0.3) is 5.91 Å². The van der Waals surface area contributed by atoms with Crippen molar-refractivity contribution in [2.75, 3.05) is 24.0 Å². The molecule has 8 heteroatoms. The molecule has 160 valence electrons. The molecule has 31 heavy (non-hydrogen) atoms. The van der Waals surface area contributed by atoms with E-state index in [0.29, 0.717) is 16.7 Å². The Bertz CT molecular complexity index is 1170. The molecule has 1 aliphatic rings. The topological polar surface area (TPSA) is 81.1 Å². The van der Waals surface area contributed by atoms with Crippen LogP contribution < -0.4 is 15.4 Å². The van der Waals surface area contributed by atoms with Crippen molar-refractivity contribution in [1.82, 2.24) is 14.8 Å². The molecule has 7 nitrogen and oxygen atoms in total. The van der Waals surface area contributed by atoms with Crippen LogP contribution in [-0.2, 0) is 4.79 Å². The van der Waals surface area contributed by atoms with Crippen LogP contribution in [0.15, 0.2) is 58.9 Å². The number of carbonyl (C=O) groups is 1. The molecule has 0 unspecified atom stereocenters. The van der Waals surface area contributed by atoms with Gasteiger partial charge in [-0.25, -0.2) is 4.68 Å². The molecule has 2 N–H and O–H groups in total. The van der Waals surface area contributed by atoms with E-state index in [0.717, 1.165) is 33.8 Å². The first kappa shape index (κ1) is 21.0. The minimum absolute atomic E-state index is 0.176. The summed E-state index contributed by atoms with van der Waals surface area (Å²) in [6.45, 7) is 5.92. The number of fused-ring (bicyclic) bond motifs is 1. The molecular weight excluding hydrogens is 410 g/mol. The number of benzene rings is 2. The Morgan fingerprint density at radius 1 is 1.16 bits per heavy atom. The Balaban J connectivity index is 1.78. The summed E-state index contributed by atoms with van der Waals surface area (Å²) in [5.74, 6) is 1.19. The predicted octanol–water partition coefficient (Wildman–Crippen LogP) is 4.55. The van der Waals surface area contributed by atoms with E-state index in [9.17, 15) is 4.79 Å². The minimum Gasteiger partial charge on any atom is -0.497 e. The van der Waals surface area contributed by atoms with Gasteiger partial charge in [-0.1, -0.05) is 41.6 Å². The fourth-order valence-corrected chi connectivity index (χ4v) is 4.10. The van der Waals surface area contributed by atoms with E-state index >= 15 is 0 Å². The largest absolute Gasteiger partial charge is 0.497 e. The van der Waals surface area contributed by atoms with Crippen molar-refractivity contribution < 1.29 is 9.53 Å². The van der Waals surface area contributed by atoms with E-state index in [2.05, 4.69) is 26.8 Å². The Hall–Kier alpha value is -3.26.